The average Bonchev–Trinajstić information content (AvgIpc) is 2.46. The second kappa shape index (κ2) is 6.71. The number of hydrogen-bond donors (Lipinski definition) is 2. The van der Waals surface area contributed by atoms with Crippen LogP contribution >= 0.6 is 0 Å². The number of amides is 1. The second-order valence-corrected chi connectivity index (χ2v) is 6.37. The maximum Gasteiger partial charge on any atom is 0.240 e. The second-order valence-electron chi connectivity index (χ2n) is 6.37. The lowest BCUT2D eigenvalue weighted by Crippen LogP contribution is -2.58. The maximum absolute atomic E-state index is 12.3. The lowest BCUT2D eigenvalue weighted by molar-refractivity contribution is -0.128. The van der Waals surface area contributed by atoms with Gasteiger partial charge in [-0.3, -0.25) is 9.69 Å². The molecule has 0 bridgehead atoms. The molecule has 4 nitrogen and oxygen atoms in total. The van der Waals surface area contributed by atoms with Crippen LogP contribution in [0.1, 0.15) is 52.4 Å². The van der Waals surface area contributed by atoms with Crippen LogP contribution in [-0.2, 0) is 4.79 Å². The zero-order valence-corrected chi connectivity index (χ0v) is 12.5. The van der Waals surface area contributed by atoms with Crippen molar-refractivity contribution in [2.75, 3.05) is 26.2 Å². The Labute approximate surface area is 117 Å². The van der Waals surface area contributed by atoms with Gasteiger partial charge < -0.3 is 10.6 Å². The Hall–Kier alpha value is -0.610. The number of likely N-dealkylation sites (tertiary alicyclic amines) is 1. The zero-order chi connectivity index (χ0) is 13.7. The van der Waals surface area contributed by atoms with Gasteiger partial charge in [-0.25, -0.2) is 0 Å². The van der Waals surface area contributed by atoms with Gasteiger partial charge in [0, 0.05) is 12.6 Å². The summed E-state index contributed by atoms with van der Waals surface area (Å²) in [6.45, 7) is 8.37. The number of nitrogens with zero attached hydrogens (tertiary/aromatic N) is 1. The minimum Gasteiger partial charge on any atom is -0.353 e. The molecule has 0 saturated carbocycles. The largest absolute Gasteiger partial charge is 0.353 e. The Balaban J connectivity index is 1.75. The lowest BCUT2D eigenvalue weighted by atomic mass is 9.90. The molecule has 2 atom stereocenters. The van der Waals surface area contributed by atoms with E-state index in [-0.39, 0.29) is 11.4 Å². The van der Waals surface area contributed by atoms with Gasteiger partial charge in [0.2, 0.25) is 5.91 Å². The van der Waals surface area contributed by atoms with Gasteiger partial charge in [-0.1, -0.05) is 6.42 Å². The van der Waals surface area contributed by atoms with E-state index in [2.05, 4.69) is 22.5 Å². The fourth-order valence-electron chi connectivity index (χ4n) is 3.17. The van der Waals surface area contributed by atoms with Crippen LogP contribution in [0, 0.1) is 0 Å². The van der Waals surface area contributed by atoms with Gasteiger partial charge in [0.05, 0.1) is 5.54 Å². The van der Waals surface area contributed by atoms with Crippen molar-refractivity contribution in [2.24, 2.45) is 0 Å². The summed E-state index contributed by atoms with van der Waals surface area (Å²) < 4.78 is 0. The van der Waals surface area contributed by atoms with Crippen molar-refractivity contribution >= 4 is 5.91 Å². The Morgan fingerprint density at radius 2 is 2.00 bits per heavy atom. The van der Waals surface area contributed by atoms with Gasteiger partial charge >= 0.3 is 0 Å². The average molecular weight is 267 g/mol. The summed E-state index contributed by atoms with van der Waals surface area (Å²) in [7, 11) is 0. The summed E-state index contributed by atoms with van der Waals surface area (Å²) in [5.41, 5.74) is -0.347. The third kappa shape index (κ3) is 3.93. The molecule has 0 radical (unpaired) electrons. The third-order valence-electron chi connectivity index (χ3n) is 4.69. The van der Waals surface area contributed by atoms with Gasteiger partial charge in [0.15, 0.2) is 0 Å². The molecule has 2 heterocycles. The smallest absolute Gasteiger partial charge is 0.240 e. The van der Waals surface area contributed by atoms with Crippen LogP contribution in [0.3, 0.4) is 0 Å². The van der Waals surface area contributed by atoms with Crippen molar-refractivity contribution in [3.8, 4) is 0 Å². The van der Waals surface area contributed by atoms with E-state index < -0.39 is 0 Å². The Morgan fingerprint density at radius 1 is 1.26 bits per heavy atom. The van der Waals surface area contributed by atoms with Crippen molar-refractivity contribution in [2.45, 2.75) is 64.0 Å². The molecular weight excluding hydrogens is 238 g/mol. The molecule has 19 heavy (non-hydrogen) atoms. The molecule has 2 unspecified atom stereocenters. The molecule has 2 saturated heterocycles. The fourth-order valence-corrected chi connectivity index (χ4v) is 3.17. The van der Waals surface area contributed by atoms with Crippen LogP contribution in [0.15, 0.2) is 0 Å². The number of rotatable bonds is 4. The maximum atomic E-state index is 12.3. The fraction of sp³-hybridized carbons (Fsp3) is 0.933. The van der Waals surface area contributed by atoms with E-state index in [0.717, 1.165) is 25.9 Å². The van der Waals surface area contributed by atoms with Gasteiger partial charge in [0.1, 0.15) is 0 Å². The standard InChI is InChI=1S/C15H29N3O/c1-13(18-10-6-3-7-11-18)12-16-14(19)15(2)8-4-5-9-17-15/h13,17H,3-12H2,1-2H3,(H,16,19). The highest BCUT2D eigenvalue weighted by Gasteiger charge is 2.34. The monoisotopic (exact) mass is 267 g/mol. The number of carbonyl (C=O) groups is 1. The molecule has 2 N–H and O–H groups in total. The Morgan fingerprint density at radius 3 is 2.63 bits per heavy atom. The minimum atomic E-state index is -0.347. The van der Waals surface area contributed by atoms with E-state index in [9.17, 15) is 4.79 Å². The predicted octanol–water partition coefficient (Wildman–Crippen LogP) is 1.51. The van der Waals surface area contributed by atoms with E-state index >= 15 is 0 Å². The van der Waals surface area contributed by atoms with Crippen molar-refractivity contribution < 1.29 is 4.79 Å². The number of piperidine rings is 2. The molecule has 0 spiro atoms. The molecule has 2 aliphatic heterocycles. The highest BCUT2D eigenvalue weighted by molar-refractivity contribution is 5.86. The number of nitrogens with one attached hydrogen (secondary N) is 2. The van der Waals surface area contributed by atoms with Crippen LogP contribution in [0.2, 0.25) is 0 Å². The van der Waals surface area contributed by atoms with Gasteiger partial charge in [-0.15, -0.1) is 0 Å². The van der Waals surface area contributed by atoms with E-state index in [4.69, 9.17) is 0 Å². The first-order valence-electron chi connectivity index (χ1n) is 7.89. The van der Waals surface area contributed by atoms with Crippen molar-refractivity contribution in [3.05, 3.63) is 0 Å². The van der Waals surface area contributed by atoms with Gasteiger partial charge in [0.25, 0.3) is 0 Å². The summed E-state index contributed by atoms with van der Waals surface area (Å²) in [4.78, 5) is 14.8. The van der Waals surface area contributed by atoms with E-state index in [1.807, 2.05) is 6.92 Å². The van der Waals surface area contributed by atoms with Crippen molar-refractivity contribution in [3.63, 3.8) is 0 Å². The first-order chi connectivity index (χ1) is 9.12. The molecule has 0 aromatic carbocycles. The van der Waals surface area contributed by atoms with Crippen LogP contribution in [-0.4, -0.2) is 48.6 Å². The van der Waals surface area contributed by atoms with E-state index in [1.165, 1.54) is 38.8 Å². The van der Waals surface area contributed by atoms with E-state index in [1.54, 1.807) is 0 Å². The summed E-state index contributed by atoms with van der Waals surface area (Å²) in [5.74, 6) is 0.177. The Kier molecular flexibility index (Phi) is 5.22. The normalized spacial score (nSPS) is 30.8. The highest BCUT2D eigenvalue weighted by Crippen LogP contribution is 2.19. The van der Waals surface area contributed by atoms with Crippen LogP contribution in [0.25, 0.3) is 0 Å². The third-order valence-corrected chi connectivity index (χ3v) is 4.69. The molecular formula is C15H29N3O. The quantitative estimate of drug-likeness (QED) is 0.811. The topological polar surface area (TPSA) is 44.4 Å². The molecule has 1 amide bonds. The van der Waals surface area contributed by atoms with Crippen LogP contribution in [0.4, 0.5) is 0 Å². The molecule has 0 aromatic rings. The van der Waals surface area contributed by atoms with Crippen molar-refractivity contribution in [1.82, 2.24) is 15.5 Å². The van der Waals surface area contributed by atoms with Gasteiger partial charge in [-0.2, -0.15) is 0 Å². The summed E-state index contributed by atoms with van der Waals surface area (Å²) >= 11 is 0. The molecule has 0 aliphatic carbocycles. The Bertz CT molecular complexity index is 294. The summed E-state index contributed by atoms with van der Waals surface area (Å²) in [6, 6.07) is 0.455. The molecule has 4 heteroatoms. The minimum absolute atomic E-state index is 0.177. The summed E-state index contributed by atoms with van der Waals surface area (Å²) in [6.07, 6.45) is 7.26. The predicted molar refractivity (Wildman–Crippen MR) is 78.2 cm³/mol. The molecule has 2 rings (SSSR count). The first-order valence-corrected chi connectivity index (χ1v) is 7.89. The molecule has 2 aliphatic rings. The molecule has 110 valence electrons. The highest BCUT2D eigenvalue weighted by atomic mass is 16.2. The number of carbonyl (C=O) groups excluding carboxylic acids is 1. The summed E-state index contributed by atoms with van der Waals surface area (Å²) in [5, 5.41) is 6.52. The van der Waals surface area contributed by atoms with E-state index in [0.29, 0.717) is 6.04 Å². The zero-order valence-electron chi connectivity index (χ0n) is 12.5. The lowest BCUT2D eigenvalue weighted by Gasteiger charge is -2.36. The molecule has 0 aromatic heterocycles. The van der Waals surface area contributed by atoms with Crippen LogP contribution < -0.4 is 10.6 Å². The van der Waals surface area contributed by atoms with Crippen molar-refractivity contribution in [1.29, 1.82) is 0 Å². The van der Waals surface area contributed by atoms with Gasteiger partial charge in [-0.05, 0) is 65.6 Å². The SMILES string of the molecule is CC(CNC(=O)C1(C)CCCCN1)N1CCCCC1. The molecule has 2 fully saturated rings. The number of hydrogen-bond acceptors (Lipinski definition) is 3. The van der Waals surface area contributed by atoms with Crippen LogP contribution in [0.5, 0.6) is 0 Å². The first kappa shape index (κ1) is 14.8.